The number of carbonyl (C=O) groups excluding carboxylic acids is 1. The third-order valence-electron chi connectivity index (χ3n) is 4.70. The first kappa shape index (κ1) is 19.2. The molecule has 1 aliphatic heterocycles. The lowest BCUT2D eigenvalue weighted by Crippen LogP contribution is -2.47. The van der Waals surface area contributed by atoms with E-state index in [1.54, 1.807) is 26.2 Å². The van der Waals surface area contributed by atoms with Gasteiger partial charge in [0.15, 0.2) is 11.6 Å². The lowest BCUT2D eigenvalue weighted by molar-refractivity contribution is -0.139. The van der Waals surface area contributed by atoms with Crippen molar-refractivity contribution < 1.29 is 19.4 Å². The van der Waals surface area contributed by atoms with Gasteiger partial charge in [0.1, 0.15) is 6.61 Å². The van der Waals surface area contributed by atoms with Gasteiger partial charge in [0.05, 0.1) is 23.4 Å². The number of rotatable bonds is 5. The van der Waals surface area contributed by atoms with Crippen LogP contribution in [0.1, 0.15) is 19.4 Å². The molecule has 1 aromatic carbocycles. The van der Waals surface area contributed by atoms with E-state index >= 15 is 0 Å². The van der Waals surface area contributed by atoms with E-state index in [0.29, 0.717) is 35.8 Å². The van der Waals surface area contributed by atoms with Gasteiger partial charge in [-0.3, -0.25) is 9.78 Å². The molecular weight excluding hydrogens is 372 g/mol. The summed E-state index contributed by atoms with van der Waals surface area (Å²) >= 11 is 0. The van der Waals surface area contributed by atoms with E-state index in [-0.39, 0.29) is 12.5 Å². The highest BCUT2D eigenvalue weighted by atomic mass is 16.5. The predicted molar refractivity (Wildman–Crippen MR) is 106 cm³/mol. The van der Waals surface area contributed by atoms with E-state index in [4.69, 9.17) is 9.47 Å². The fourth-order valence-electron chi connectivity index (χ4n) is 3.08. The maximum atomic E-state index is 11.9. The summed E-state index contributed by atoms with van der Waals surface area (Å²) in [6, 6.07) is 9.33. The summed E-state index contributed by atoms with van der Waals surface area (Å²) in [7, 11) is 0. The minimum atomic E-state index is -0.921. The number of aliphatic hydroxyl groups is 1. The van der Waals surface area contributed by atoms with Gasteiger partial charge in [0.2, 0.25) is 5.88 Å². The van der Waals surface area contributed by atoms with E-state index < -0.39 is 11.7 Å². The number of amides is 1. The fourth-order valence-corrected chi connectivity index (χ4v) is 3.08. The average Bonchev–Trinajstić information content (AvgIpc) is 2.72. The van der Waals surface area contributed by atoms with Gasteiger partial charge in [0, 0.05) is 24.5 Å². The maximum absolute atomic E-state index is 11.9. The molecule has 0 bridgehead atoms. The molecular formula is C21H22N4O4. The highest BCUT2D eigenvalue weighted by Crippen LogP contribution is 2.29. The third kappa shape index (κ3) is 4.18. The Kier molecular flexibility index (Phi) is 5.12. The zero-order chi connectivity index (χ0) is 20.4. The van der Waals surface area contributed by atoms with Crippen molar-refractivity contribution in [1.29, 1.82) is 0 Å². The van der Waals surface area contributed by atoms with Gasteiger partial charge in [0.25, 0.3) is 5.91 Å². The fraction of sp³-hybridized carbons (Fsp3) is 0.333. The summed E-state index contributed by atoms with van der Waals surface area (Å²) in [5.41, 5.74) is 2.54. The van der Waals surface area contributed by atoms with Gasteiger partial charge in [-0.15, -0.1) is 0 Å². The molecule has 1 fully saturated rings. The molecule has 0 saturated carbocycles. The largest absolute Gasteiger partial charge is 0.473 e. The molecule has 2 N–H and O–H groups in total. The van der Waals surface area contributed by atoms with E-state index in [9.17, 15) is 9.90 Å². The number of fused-ring (bicyclic) bond motifs is 1. The lowest BCUT2D eigenvalue weighted by atomic mass is 9.96. The topological polar surface area (TPSA) is 106 Å². The van der Waals surface area contributed by atoms with Crippen LogP contribution in [0.4, 0.5) is 0 Å². The standard InChI is InChI=1S/C21H22N4O4/c1-21(2,27)14-5-3-13(4-6-14)15-11-16-18(23-8-7-22-16)20(25-15)29-12-17-19(26)24-9-10-28-17/h3-8,11,17,27H,9-10,12H2,1-2H3,(H,24,26). The second-order valence-corrected chi connectivity index (χ2v) is 7.33. The Morgan fingerprint density at radius 2 is 2.00 bits per heavy atom. The highest BCUT2D eigenvalue weighted by Gasteiger charge is 2.24. The van der Waals surface area contributed by atoms with Crippen molar-refractivity contribution in [3.05, 3.63) is 48.3 Å². The van der Waals surface area contributed by atoms with Crippen LogP contribution < -0.4 is 10.1 Å². The first-order chi connectivity index (χ1) is 13.9. The van der Waals surface area contributed by atoms with Crippen molar-refractivity contribution >= 4 is 16.9 Å². The minimum Gasteiger partial charge on any atom is -0.473 e. The molecule has 1 aliphatic rings. The number of ether oxygens (including phenoxy) is 2. The Balaban J connectivity index is 1.66. The second kappa shape index (κ2) is 7.73. The number of nitrogens with one attached hydrogen (secondary N) is 1. The maximum Gasteiger partial charge on any atom is 0.252 e. The predicted octanol–water partition coefficient (Wildman–Crippen LogP) is 1.81. The van der Waals surface area contributed by atoms with E-state index in [2.05, 4.69) is 20.3 Å². The Bertz CT molecular complexity index is 1030. The van der Waals surface area contributed by atoms with E-state index in [0.717, 1.165) is 11.1 Å². The molecule has 1 saturated heterocycles. The first-order valence-electron chi connectivity index (χ1n) is 9.39. The van der Waals surface area contributed by atoms with Crippen LogP contribution in [0.25, 0.3) is 22.3 Å². The van der Waals surface area contributed by atoms with Crippen LogP contribution in [0.15, 0.2) is 42.7 Å². The van der Waals surface area contributed by atoms with Gasteiger partial charge in [-0.05, 0) is 25.5 Å². The number of pyridine rings is 1. The van der Waals surface area contributed by atoms with Crippen LogP contribution in [-0.2, 0) is 15.1 Å². The molecule has 1 amide bonds. The van der Waals surface area contributed by atoms with Gasteiger partial charge in [-0.1, -0.05) is 24.3 Å². The Morgan fingerprint density at radius 1 is 1.24 bits per heavy atom. The van der Waals surface area contributed by atoms with Crippen LogP contribution in [0.3, 0.4) is 0 Å². The lowest BCUT2D eigenvalue weighted by Gasteiger charge is -2.22. The summed E-state index contributed by atoms with van der Waals surface area (Å²) in [5, 5.41) is 12.9. The Hall–Kier alpha value is -3.10. The molecule has 0 radical (unpaired) electrons. The number of aromatic nitrogens is 3. The number of benzene rings is 1. The molecule has 3 heterocycles. The molecule has 3 aromatic rings. The molecule has 29 heavy (non-hydrogen) atoms. The van der Waals surface area contributed by atoms with Crippen LogP contribution in [0.5, 0.6) is 5.88 Å². The molecule has 8 heteroatoms. The summed E-state index contributed by atoms with van der Waals surface area (Å²) < 4.78 is 11.3. The van der Waals surface area contributed by atoms with Crippen molar-refractivity contribution in [3.63, 3.8) is 0 Å². The van der Waals surface area contributed by atoms with Crippen LogP contribution >= 0.6 is 0 Å². The normalized spacial score (nSPS) is 17.2. The average molecular weight is 394 g/mol. The SMILES string of the molecule is CC(C)(O)c1ccc(-c2cc3nccnc3c(OCC3OCCNC3=O)n2)cc1. The van der Waals surface area contributed by atoms with Crippen LogP contribution in [-0.4, -0.2) is 51.8 Å². The molecule has 0 aliphatic carbocycles. The minimum absolute atomic E-state index is 0.0333. The van der Waals surface area contributed by atoms with Crippen molar-refractivity contribution in [2.24, 2.45) is 0 Å². The zero-order valence-electron chi connectivity index (χ0n) is 16.3. The molecule has 150 valence electrons. The van der Waals surface area contributed by atoms with Crippen molar-refractivity contribution in [1.82, 2.24) is 20.3 Å². The van der Waals surface area contributed by atoms with Gasteiger partial charge >= 0.3 is 0 Å². The number of hydrogen-bond donors (Lipinski definition) is 2. The monoisotopic (exact) mass is 394 g/mol. The summed E-state index contributed by atoms with van der Waals surface area (Å²) in [5.74, 6) is 0.0872. The van der Waals surface area contributed by atoms with Gasteiger partial charge < -0.3 is 19.9 Å². The van der Waals surface area contributed by atoms with Crippen LogP contribution in [0.2, 0.25) is 0 Å². The van der Waals surface area contributed by atoms with Gasteiger partial charge in [-0.2, -0.15) is 0 Å². The third-order valence-corrected chi connectivity index (χ3v) is 4.70. The second-order valence-electron chi connectivity index (χ2n) is 7.33. The van der Waals surface area contributed by atoms with Gasteiger partial charge in [-0.25, -0.2) is 9.97 Å². The summed E-state index contributed by atoms with van der Waals surface area (Å²) in [6.07, 6.45) is 2.48. The Morgan fingerprint density at radius 3 is 2.72 bits per heavy atom. The molecule has 0 spiro atoms. The Labute approximate surface area is 167 Å². The number of nitrogens with zero attached hydrogens (tertiary/aromatic N) is 3. The smallest absolute Gasteiger partial charge is 0.252 e. The molecule has 4 rings (SSSR count). The quantitative estimate of drug-likeness (QED) is 0.680. The zero-order valence-corrected chi connectivity index (χ0v) is 16.3. The number of carbonyl (C=O) groups is 1. The van der Waals surface area contributed by atoms with E-state index in [1.807, 2.05) is 30.3 Å². The van der Waals surface area contributed by atoms with Crippen molar-refractivity contribution in [2.75, 3.05) is 19.8 Å². The van der Waals surface area contributed by atoms with E-state index in [1.165, 1.54) is 0 Å². The van der Waals surface area contributed by atoms with Crippen molar-refractivity contribution in [2.45, 2.75) is 25.6 Å². The molecule has 1 unspecified atom stereocenters. The van der Waals surface area contributed by atoms with Crippen molar-refractivity contribution in [3.8, 4) is 17.1 Å². The highest BCUT2D eigenvalue weighted by molar-refractivity contribution is 5.84. The summed E-state index contributed by atoms with van der Waals surface area (Å²) in [4.78, 5) is 25.2. The number of hydrogen-bond acceptors (Lipinski definition) is 7. The molecule has 2 aromatic heterocycles. The van der Waals surface area contributed by atoms with Crippen LogP contribution in [0, 0.1) is 0 Å². The summed E-state index contributed by atoms with van der Waals surface area (Å²) in [6.45, 7) is 4.45. The molecule has 1 atom stereocenters. The number of morpholine rings is 1. The molecule has 8 nitrogen and oxygen atoms in total. The first-order valence-corrected chi connectivity index (χ1v) is 9.39.